The third-order valence-corrected chi connectivity index (χ3v) is 1.56. The molecule has 0 bridgehead atoms. The second-order valence-electron chi connectivity index (χ2n) is 2.26. The van der Waals surface area contributed by atoms with E-state index in [1.807, 2.05) is 0 Å². The fraction of sp³-hybridized carbons (Fsp3) is 0.625. The monoisotopic (exact) mass is 158 g/mol. The van der Waals surface area contributed by atoms with Crippen molar-refractivity contribution in [2.45, 2.75) is 19.4 Å². The van der Waals surface area contributed by atoms with Crippen molar-refractivity contribution < 1.29 is 14.6 Å². The number of rotatable bonds is 4. The molecule has 0 amide bonds. The number of carbonyl (C=O) groups excluding carboxylic acids is 1. The Balaban J connectivity index is 4.15. The van der Waals surface area contributed by atoms with Crippen molar-refractivity contribution in [3.8, 4) is 0 Å². The van der Waals surface area contributed by atoms with Crippen molar-refractivity contribution in [2.24, 2.45) is 5.92 Å². The molecular formula is C8H14O3. The van der Waals surface area contributed by atoms with Crippen LogP contribution in [0.1, 0.15) is 13.3 Å². The number of hydrogen-bond acceptors (Lipinski definition) is 3. The lowest BCUT2D eigenvalue weighted by molar-refractivity contribution is -0.147. The molecule has 0 aromatic carbocycles. The molecule has 11 heavy (non-hydrogen) atoms. The van der Waals surface area contributed by atoms with E-state index in [0.717, 1.165) is 0 Å². The summed E-state index contributed by atoms with van der Waals surface area (Å²) in [4.78, 5) is 10.9. The standard InChI is InChI=1S/C8H14O3/c1-4-6(7(9)5-2)8(10)11-3/h4,6-7,9H,1,5H2,2-3H3. The van der Waals surface area contributed by atoms with E-state index in [1.165, 1.54) is 13.2 Å². The normalized spacial score (nSPS) is 15.2. The first kappa shape index (κ1) is 10.2. The van der Waals surface area contributed by atoms with Crippen LogP contribution >= 0.6 is 0 Å². The van der Waals surface area contributed by atoms with E-state index in [-0.39, 0.29) is 0 Å². The van der Waals surface area contributed by atoms with Crippen LogP contribution in [0.2, 0.25) is 0 Å². The number of ether oxygens (including phenoxy) is 1. The molecule has 0 radical (unpaired) electrons. The summed E-state index contributed by atoms with van der Waals surface area (Å²) in [7, 11) is 1.29. The molecule has 0 aromatic heterocycles. The topological polar surface area (TPSA) is 46.5 Å². The van der Waals surface area contributed by atoms with E-state index in [4.69, 9.17) is 0 Å². The first-order valence-corrected chi connectivity index (χ1v) is 3.55. The molecule has 0 saturated carbocycles. The first-order valence-electron chi connectivity index (χ1n) is 3.55. The summed E-state index contributed by atoms with van der Waals surface area (Å²) in [6, 6.07) is 0. The second kappa shape index (κ2) is 4.91. The Morgan fingerprint density at radius 1 is 1.82 bits per heavy atom. The Labute approximate surface area is 66.7 Å². The van der Waals surface area contributed by atoms with Gasteiger partial charge in [-0.25, -0.2) is 0 Å². The maximum absolute atomic E-state index is 10.9. The average Bonchev–Trinajstić information content (AvgIpc) is 2.05. The highest BCUT2D eigenvalue weighted by atomic mass is 16.5. The quantitative estimate of drug-likeness (QED) is 0.484. The van der Waals surface area contributed by atoms with Gasteiger partial charge < -0.3 is 9.84 Å². The number of esters is 1. The van der Waals surface area contributed by atoms with Gasteiger partial charge in [-0.05, 0) is 6.42 Å². The molecule has 0 saturated heterocycles. The molecule has 0 rings (SSSR count). The van der Waals surface area contributed by atoms with Crippen molar-refractivity contribution in [1.29, 1.82) is 0 Å². The number of methoxy groups -OCH3 is 1. The summed E-state index contributed by atoms with van der Waals surface area (Å²) >= 11 is 0. The molecular weight excluding hydrogens is 144 g/mol. The van der Waals surface area contributed by atoms with Crippen LogP contribution < -0.4 is 0 Å². The highest BCUT2D eigenvalue weighted by Gasteiger charge is 2.22. The Hall–Kier alpha value is -0.830. The van der Waals surface area contributed by atoms with Gasteiger partial charge in [-0.2, -0.15) is 0 Å². The molecule has 1 N–H and O–H groups in total. The summed E-state index contributed by atoms with van der Waals surface area (Å²) < 4.78 is 4.46. The van der Waals surface area contributed by atoms with Crippen LogP contribution in [0.15, 0.2) is 12.7 Å². The van der Waals surface area contributed by atoms with Crippen LogP contribution in [0.3, 0.4) is 0 Å². The van der Waals surface area contributed by atoms with Crippen LogP contribution in [0.4, 0.5) is 0 Å². The van der Waals surface area contributed by atoms with Crippen molar-refractivity contribution in [2.75, 3.05) is 7.11 Å². The third kappa shape index (κ3) is 2.72. The smallest absolute Gasteiger partial charge is 0.315 e. The van der Waals surface area contributed by atoms with Gasteiger partial charge >= 0.3 is 5.97 Å². The predicted molar refractivity (Wildman–Crippen MR) is 42.0 cm³/mol. The first-order chi connectivity index (χ1) is 5.17. The highest BCUT2D eigenvalue weighted by Crippen LogP contribution is 2.09. The van der Waals surface area contributed by atoms with Gasteiger partial charge in [0.05, 0.1) is 13.2 Å². The molecule has 64 valence electrons. The fourth-order valence-corrected chi connectivity index (χ4v) is 0.800. The average molecular weight is 158 g/mol. The van der Waals surface area contributed by atoms with E-state index >= 15 is 0 Å². The molecule has 0 aliphatic rings. The number of aliphatic hydroxyl groups excluding tert-OH is 1. The Morgan fingerprint density at radius 2 is 2.36 bits per heavy atom. The number of aliphatic hydroxyl groups is 1. The molecule has 0 aromatic rings. The van der Waals surface area contributed by atoms with Crippen LogP contribution in [-0.2, 0) is 9.53 Å². The largest absolute Gasteiger partial charge is 0.468 e. The molecule has 3 nitrogen and oxygen atoms in total. The Morgan fingerprint density at radius 3 is 2.64 bits per heavy atom. The summed E-state index contributed by atoms with van der Waals surface area (Å²) in [6.45, 7) is 5.23. The molecule has 0 aliphatic heterocycles. The minimum absolute atomic E-state index is 0.436. The van der Waals surface area contributed by atoms with Gasteiger partial charge in [0.15, 0.2) is 0 Å². The Bertz CT molecular complexity index is 142. The maximum Gasteiger partial charge on any atom is 0.315 e. The van der Waals surface area contributed by atoms with E-state index in [2.05, 4.69) is 11.3 Å². The zero-order chi connectivity index (χ0) is 8.85. The van der Waals surface area contributed by atoms with Crippen LogP contribution in [0.5, 0.6) is 0 Å². The van der Waals surface area contributed by atoms with Crippen molar-refractivity contribution in [1.82, 2.24) is 0 Å². The van der Waals surface area contributed by atoms with E-state index in [0.29, 0.717) is 6.42 Å². The van der Waals surface area contributed by atoms with Gasteiger partial charge in [-0.1, -0.05) is 13.0 Å². The fourth-order valence-electron chi connectivity index (χ4n) is 0.800. The van der Waals surface area contributed by atoms with Gasteiger partial charge in [0.25, 0.3) is 0 Å². The van der Waals surface area contributed by atoms with Gasteiger partial charge in [-0.15, -0.1) is 6.58 Å². The summed E-state index contributed by atoms with van der Waals surface area (Å²) in [5, 5.41) is 9.25. The number of hydrogen-bond donors (Lipinski definition) is 1. The van der Waals surface area contributed by atoms with Gasteiger partial charge in [0, 0.05) is 0 Å². The Kier molecular flexibility index (Phi) is 4.54. The molecule has 2 unspecified atom stereocenters. The van der Waals surface area contributed by atoms with E-state index < -0.39 is 18.0 Å². The van der Waals surface area contributed by atoms with E-state index in [1.54, 1.807) is 6.92 Å². The van der Waals surface area contributed by atoms with E-state index in [9.17, 15) is 9.90 Å². The summed E-state index contributed by atoms with van der Waals surface area (Å²) in [5.74, 6) is -1.03. The molecule has 3 heteroatoms. The highest BCUT2D eigenvalue weighted by molar-refractivity contribution is 5.74. The van der Waals surface area contributed by atoms with Gasteiger partial charge in [0.2, 0.25) is 0 Å². The summed E-state index contributed by atoms with van der Waals surface area (Å²) in [5.41, 5.74) is 0. The molecule has 2 atom stereocenters. The summed E-state index contributed by atoms with van der Waals surface area (Å²) in [6.07, 6.45) is 1.24. The van der Waals surface area contributed by atoms with Crippen LogP contribution in [0.25, 0.3) is 0 Å². The van der Waals surface area contributed by atoms with Gasteiger partial charge in [0.1, 0.15) is 5.92 Å². The second-order valence-corrected chi connectivity index (χ2v) is 2.26. The molecule has 0 heterocycles. The zero-order valence-corrected chi connectivity index (χ0v) is 6.91. The lowest BCUT2D eigenvalue weighted by Crippen LogP contribution is -2.26. The SMILES string of the molecule is C=CC(C(=O)OC)C(O)CC. The third-order valence-electron chi connectivity index (χ3n) is 1.56. The lowest BCUT2D eigenvalue weighted by atomic mass is 10.0. The van der Waals surface area contributed by atoms with Crippen LogP contribution in [-0.4, -0.2) is 24.3 Å². The number of carbonyl (C=O) groups is 1. The lowest BCUT2D eigenvalue weighted by Gasteiger charge is -2.14. The molecule has 0 aliphatic carbocycles. The zero-order valence-electron chi connectivity index (χ0n) is 6.91. The van der Waals surface area contributed by atoms with Crippen molar-refractivity contribution >= 4 is 5.97 Å². The predicted octanol–water partition coefficient (Wildman–Crippen LogP) is 0.732. The molecule has 0 fully saturated rings. The maximum atomic E-state index is 10.9. The van der Waals surface area contributed by atoms with Gasteiger partial charge in [-0.3, -0.25) is 4.79 Å². The van der Waals surface area contributed by atoms with Crippen LogP contribution in [0, 0.1) is 5.92 Å². The van der Waals surface area contributed by atoms with Crippen molar-refractivity contribution in [3.05, 3.63) is 12.7 Å². The molecule has 0 spiro atoms. The minimum atomic E-state index is -0.681. The minimum Gasteiger partial charge on any atom is -0.468 e. The van der Waals surface area contributed by atoms with Crippen molar-refractivity contribution in [3.63, 3.8) is 0 Å².